The van der Waals surface area contributed by atoms with E-state index in [0.29, 0.717) is 12.0 Å². The Morgan fingerprint density at radius 2 is 1.78 bits per heavy atom. The lowest BCUT2D eigenvalue weighted by Gasteiger charge is -2.15. The second kappa shape index (κ2) is 6.19. The molecule has 2 aromatic rings. The molecule has 4 nitrogen and oxygen atoms in total. The van der Waals surface area contributed by atoms with Gasteiger partial charge >= 0.3 is 0 Å². The van der Waals surface area contributed by atoms with Gasteiger partial charge in [-0.25, -0.2) is 4.98 Å². The molecule has 2 aliphatic rings. The first-order valence-electron chi connectivity index (χ1n) is 8.76. The van der Waals surface area contributed by atoms with Crippen molar-refractivity contribution in [2.24, 2.45) is 0 Å². The molecular formula is C19H24N4. The van der Waals surface area contributed by atoms with Gasteiger partial charge in [0.05, 0.1) is 5.69 Å². The van der Waals surface area contributed by atoms with Crippen LogP contribution in [0.4, 0.5) is 17.5 Å². The monoisotopic (exact) mass is 308 g/mol. The standard InChI is InChI=1S/C19H24N4/c1-13-6-2-5-9-16(13)21-18-12-17(14-10-11-14)22-19(23-18)20-15-7-3-4-8-15/h2,5-6,9,12,14-15H,3-4,7-8,10-11H2,1H3,(H2,20,21,22,23). The highest BCUT2D eigenvalue weighted by molar-refractivity contribution is 5.61. The molecule has 1 aromatic carbocycles. The first-order chi connectivity index (χ1) is 11.3. The van der Waals surface area contributed by atoms with Crippen LogP contribution in [0.3, 0.4) is 0 Å². The number of hydrogen-bond acceptors (Lipinski definition) is 4. The predicted octanol–water partition coefficient (Wildman–Crippen LogP) is 4.76. The fourth-order valence-electron chi connectivity index (χ4n) is 3.29. The van der Waals surface area contributed by atoms with E-state index in [2.05, 4.69) is 47.9 Å². The molecular weight excluding hydrogens is 284 g/mol. The van der Waals surface area contributed by atoms with Crippen LogP contribution >= 0.6 is 0 Å². The Kier molecular flexibility index (Phi) is 3.90. The van der Waals surface area contributed by atoms with E-state index < -0.39 is 0 Å². The van der Waals surface area contributed by atoms with Crippen LogP contribution in [0.15, 0.2) is 30.3 Å². The Labute approximate surface area is 137 Å². The SMILES string of the molecule is Cc1ccccc1Nc1cc(C2CC2)nc(NC2CCCC2)n1. The van der Waals surface area contributed by atoms with Crippen LogP contribution in [0.5, 0.6) is 0 Å². The normalized spacial score (nSPS) is 18.1. The third-order valence-corrected chi connectivity index (χ3v) is 4.84. The second-order valence-corrected chi connectivity index (χ2v) is 6.84. The van der Waals surface area contributed by atoms with Gasteiger partial charge in [0.2, 0.25) is 5.95 Å². The van der Waals surface area contributed by atoms with Crippen molar-refractivity contribution >= 4 is 17.5 Å². The lowest BCUT2D eigenvalue weighted by atomic mass is 10.2. The molecule has 2 saturated carbocycles. The van der Waals surface area contributed by atoms with Crippen molar-refractivity contribution in [1.82, 2.24) is 9.97 Å². The Morgan fingerprint density at radius 1 is 1.00 bits per heavy atom. The summed E-state index contributed by atoms with van der Waals surface area (Å²) in [4.78, 5) is 9.47. The van der Waals surface area contributed by atoms with Crippen molar-refractivity contribution in [2.45, 2.75) is 57.4 Å². The maximum Gasteiger partial charge on any atom is 0.225 e. The molecule has 1 aromatic heterocycles. The number of aromatic nitrogens is 2. The molecule has 0 bridgehead atoms. The summed E-state index contributed by atoms with van der Waals surface area (Å²) in [6.45, 7) is 2.11. The molecule has 4 rings (SSSR count). The average molecular weight is 308 g/mol. The number of nitrogens with zero attached hydrogens (tertiary/aromatic N) is 2. The smallest absolute Gasteiger partial charge is 0.225 e. The highest BCUT2D eigenvalue weighted by Gasteiger charge is 2.27. The molecule has 0 unspecified atom stereocenters. The summed E-state index contributed by atoms with van der Waals surface area (Å²) in [6, 6.07) is 11.0. The van der Waals surface area contributed by atoms with Gasteiger partial charge in [-0.15, -0.1) is 0 Å². The molecule has 0 spiro atoms. The summed E-state index contributed by atoms with van der Waals surface area (Å²) in [5.41, 5.74) is 3.51. The summed E-state index contributed by atoms with van der Waals surface area (Å²) in [5.74, 6) is 2.31. The van der Waals surface area contributed by atoms with Gasteiger partial charge in [-0.1, -0.05) is 31.0 Å². The van der Waals surface area contributed by atoms with Gasteiger partial charge in [0.15, 0.2) is 0 Å². The number of rotatable bonds is 5. The van der Waals surface area contributed by atoms with Crippen LogP contribution in [0.25, 0.3) is 0 Å². The molecule has 0 aliphatic heterocycles. The maximum absolute atomic E-state index is 4.76. The number of benzene rings is 1. The number of anilines is 3. The zero-order chi connectivity index (χ0) is 15.6. The van der Waals surface area contributed by atoms with E-state index in [4.69, 9.17) is 9.97 Å². The first kappa shape index (κ1) is 14.5. The summed E-state index contributed by atoms with van der Waals surface area (Å²) in [6.07, 6.45) is 7.60. The third-order valence-electron chi connectivity index (χ3n) is 4.84. The Morgan fingerprint density at radius 3 is 2.52 bits per heavy atom. The average Bonchev–Trinajstić information content (AvgIpc) is 3.28. The lowest BCUT2D eigenvalue weighted by Crippen LogP contribution is -2.17. The van der Waals surface area contributed by atoms with Crippen LogP contribution < -0.4 is 10.6 Å². The van der Waals surface area contributed by atoms with Crippen molar-refractivity contribution < 1.29 is 0 Å². The molecule has 2 fully saturated rings. The van der Waals surface area contributed by atoms with Gasteiger partial charge in [-0.2, -0.15) is 4.98 Å². The van der Waals surface area contributed by atoms with E-state index in [-0.39, 0.29) is 0 Å². The maximum atomic E-state index is 4.76. The minimum Gasteiger partial charge on any atom is -0.351 e. The number of hydrogen-bond donors (Lipinski definition) is 2. The first-order valence-corrected chi connectivity index (χ1v) is 8.76. The molecule has 23 heavy (non-hydrogen) atoms. The van der Waals surface area contributed by atoms with Crippen LogP contribution in [0.2, 0.25) is 0 Å². The van der Waals surface area contributed by atoms with E-state index in [0.717, 1.165) is 17.5 Å². The Balaban J connectivity index is 1.59. The molecule has 0 saturated heterocycles. The largest absolute Gasteiger partial charge is 0.351 e. The van der Waals surface area contributed by atoms with E-state index in [1.807, 2.05) is 0 Å². The fraction of sp³-hybridized carbons (Fsp3) is 0.474. The number of para-hydroxylation sites is 1. The third kappa shape index (κ3) is 3.46. The Bertz CT molecular complexity index is 688. The molecule has 1 heterocycles. The van der Waals surface area contributed by atoms with Crippen molar-refractivity contribution in [3.63, 3.8) is 0 Å². The predicted molar refractivity (Wildman–Crippen MR) is 94.3 cm³/mol. The second-order valence-electron chi connectivity index (χ2n) is 6.84. The van der Waals surface area contributed by atoms with Crippen LogP contribution in [0, 0.1) is 6.92 Å². The molecule has 120 valence electrons. The lowest BCUT2D eigenvalue weighted by molar-refractivity contribution is 0.742. The van der Waals surface area contributed by atoms with Gasteiger partial charge < -0.3 is 10.6 Å². The molecule has 0 atom stereocenters. The number of aryl methyl sites for hydroxylation is 1. The zero-order valence-electron chi connectivity index (χ0n) is 13.7. The summed E-state index contributed by atoms with van der Waals surface area (Å²) in [7, 11) is 0. The van der Waals surface area contributed by atoms with Gasteiger partial charge in [0, 0.05) is 23.7 Å². The minimum absolute atomic E-state index is 0.538. The van der Waals surface area contributed by atoms with Gasteiger partial charge in [0.25, 0.3) is 0 Å². The minimum atomic E-state index is 0.538. The van der Waals surface area contributed by atoms with E-state index in [9.17, 15) is 0 Å². The molecule has 4 heteroatoms. The summed E-state index contributed by atoms with van der Waals surface area (Å²) in [5, 5.41) is 7.01. The molecule has 0 radical (unpaired) electrons. The van der Waals surface area contributed by atoms with E-state index in [1.165, 1.54) is 49.8 Å². The highest BCUT2D eigenvalue weighted by Crippen LogP contribution is 2.40. The molecule has 2 aliphatic carbocycles. The van der Waals surface area contributed by atoms with Crippen LogP contribution in [-0.2, 0) is 0 Å². The van der Waals surface area contributed by atoms with Gasteiger partial charge in [-0.3, -0.25) is 0 Å². The molecule has 0 amide bonds. The van der Waals surface area contributed by atoms with Crippen LogP contribution in [0.1, 0.15) is 55.7 Å². The van der Waals surface area contributed by atoms with Gasteiger partial charge in [-0.05, 0) is 44.2 Å². The van der Waals surface area contributed by atoms with Crippen LogP contribution in [-0.4, -0.2) is 16.0 Å². The summed E-state index contributed by atoms with van der Waals surface area (Å²) < 4.78 is 0. The van der Waals surface area contributed by atoms with Crippen molar-refractivity contribution in [1.29, 1.82) is 0 Å². The highest BCUT2D eigenvalue weighted by atomic mass is 15.2. The quantitative estimate of drug-likeness (QED) is 0.836. The van der Waals surface area contributed by atoms with E-state index >= 15 is 0 Å². The zero-order valence-corrected chi connectivity index (χ0v) is 13.7. The fourth-order valence-corrected chi connectivity index (χ4v) is 3.29. The van der Waals surface area contributed by atoms with Gasteiger partial charge in [0.1, 0.15) is 5.82 Å². The van der Waals surface area contributed by atoms with Crippen molar-refractivity contribution in [3.05, 3.63) is 41.6 Å². The summed E-state index contributed by atoms with van der Waals surface area (Å²) >= 11 is 0. The number of nitrogens with one attached hydrogen (secondary N) is 2. The van der Waals surface area contributed by atoms with Crippen molar-refractivity contribution in [2.75, 3.05) is 10.6 Å². The van der Waals surface area contributed by atoms with E-state index in [1.54, 1.807) is 0 Å². The topological polar surface area (TPSA) is 49.8 Å². The Hall–Kier alpha value is -2.10. The van der Waals surface area contributed by atoms with Crippen molar-refractivity contribution in [3.8, 4) is 0 Å². The molecule has 2 N–H and O–H groups in total.